The highest BCUT2D eigenvalue weighted by atomic mass is 14.9. The average Bonchev–Trinajstić information content (AvgIpc) is 3.17. The van der Waals surface area contributed by atoms with Crippen molar-refractivity contribution in [3.63, 3.8) is 0 Å². The molecule has 4 aliphatic carbocycles. The standard InChI is InChI=1S/C19H18N2/c1-3-13-15-14(4-2-9-20-15)18-7-5-17(11-18)6-8-19(18,12-17)16(13)21-10-1/h1-4,9-10H,5-8,11-12H2. The van der Waals surface area contributed by atoms with E-state index in [0.717, 1.165) is 0 Å². The van der Waals surface area contributed by atoms with Crippen LogP contribution in [0.15, 0.2) is 36.7 Å². The molecule has 2 aromatic rings. The van der Waals surface area contributed by atoms with Crippen molar-refractivity contribution >= 4 is 0 Å². The average molecular weight is 274 g/mol. The van der Waals surface area contributed by atoms with Crippen molar-refractivity contribution in [2.24, 2.45) is 5.41 Å². The minimum Gasteiger partial charge on any atom is -0.260 e. The highest BCUT2D eigenvalue weighted by Gasteiger charge is 2.74. The zero-order valence-electron chi connectivity index (χ0n) is 12.1. The maximum atomic E-state index is 4.90. The number of aromatic nitrogens is 2. The molecule has 21 heavy (non-hydrogen) atoms. The fourth-order valence-electron chi connectivity index (χ4n) is 6.67. The Bertz CT molecular complexity index is 728. The topological polar surface area (TPSA) is 25.8 Å². The minimum absolute atomic E-state index is 0.317. The molecule has 0 amide bonds. The molecule has 2 heteroatoms. The third-order valence-corrected chi connectivity index (χ3v) is 7.27. The third kappa shape index (κ3) is 0.956. The van der Waals surface area contributed by atoms with Crippen LogP contribution in [0, 0.1) is 5.41 Å². The maximum absolute atomic E-state index is 4.90. The first-order chi connectivity index (χ1) is 10.3. The summed E-state index contributed by atoms with van der Waals surface area (Å²) in [5.41, 5.74) is 6.71. The predicted octanol–water partition coefficient (Wildman–Crippen LogP) is 4.00. The smallest absolute Gasteiger partial charge is 0.0758 e. The second-order valence-corrected chi connectivity index (χ2v) is 7.82. The van der Waals surface area contributed by atoms with E-state index in [2.05, 4.69) is 24.3 Å². The molecule has 2 heterocycles. The Balaban J connectivity index is 1.79. The number of nitrogens with zero attached hydrogens (tertiary/aromatic N) is 2. The summed E-state index contributed by atoms with van der Waals surface area (Å²) in [4.78, 5) is 9.67. The molecule has 0 aromatic carbocycles. The summed E-state index contributed by atoms with van der Waals surface area (Å²) in [7, 11) is 0. The quantitative estimate of drug-likeness (QED) is 0.725. The maximum Gasteiger partial charge on any atom is 0.0758 e. The van der Waals surface area contributed by atoms with Gasteiger partial charge in [-0.05, 0) is 67.7 Å². The van der Waals surface area contributed by atoms with Gasteiger partial charge in [-0.25, -0.2) is 0 Å². The van der Waals surface area contributed by atoms with Crippen LogP contribution < -0.4 is 0 Å². The van der Waals surface area contributed by atoms with Gasteiger partial charge >= 0.3 is 0 Å². The van der Waals surface area contributed by atoms with Crippen LogP contribution in [0.5, 0.6) is 0 Å². The van der Waals surface area contributed by atoms with E-state index in [1.165, 1.54) is 61.0 Å². The van der Waals surface area contributed by atoms with E-state index in [9.17, 15) is 0 Å². The van der Waals surface area contributed by atoms with Crippen LogP contribution in [0.4, 0.5) is 0 Å². The fraction of sp³-hybridized carbons (Fsp3) is 0.474. The van der Waals surface area contributed by atoms with Crippen molar-refractivity contribution < 1.29 is 0 Å². The molecule has 0 N–H and O–H groups in total. The number of fused-ring (bicyclic) bond motifs is 3. The zero-order chi connectivity index (χ0) is 13.7. The van der Waals surface area contributed by atoms with Gasteiger partial charge in [0.25, 0.3) is 0 Å². The van der Waals surface area contributed by atoms with Crippen molar-refractivity contribution in [2.75, 3.05) is 0 Å². The largest absolute Gasteiger partial charge is 0.260 e. The second kappa shape index (κ2) is 3.06. The van der Waals surface area contributed by atoms with Crippen molar-refractivity contribution in [1.29, 1.82) is 0 Å². The molecule has 3 bridgehead atoms. The summed E-state index contributed by atoms with van der Waals surface area (Å²) in [6.45, 7) is 0. The Morgan fingerprint density at radius 1 is 0.810 bits per heavy atom. The van der Waals surface area contributed by atoms with Crippen LogP contribution in [0.2, 0.25) is 0 Å². The van der Waals surface area contributed by atoms with E-state index in [4.69, 9.17) is 9.97 Å². The predicted molar refractivity (Wildman–Crippen MR) is 81.0 cm³/mol. The Morgan fingerprint density at radius 3 is 2.52 bits per heavy atom. The monoisotopic (exact) mass is 274 g/mol. The molecule has 3 fully saturated rings. The minimum atomic E-state index is 0.317. The lowest BCUT2D eigenvalue weighted by molar-refractivity contribution is 0.224. The summed E-state index contributed by atoms with van der Waals surface area (Å²) in [6.07, 6.45) is 12.2. The number of rotatable bonds is 0. The van der Waals surface area contributed by atoms with Gasteiger partial charge in [-0.2, -0.15) is 0 Å². The summed E-state index contributed by atoms with van der Waals surface area (Å²) < 4.78 is 0. The molecular weight excluding hydrogens is 256 g/mol. The van der Waals surface area contributed by atoms with E-state index in [1.807, 2.05) is 12.4 Å². The lowest BCUT2D eigenvalue weighted by atomic mass is 9.54. The van der Waals surface area contributed by atoms with Gasteiger partial charge in [-0.3, -0.25) is 9.97 Å². The first-order valence-electron chi connectivity index (χ1n) is 8.20. The van der Waals surface area contributed by atoms with E-state index in [0.29, 0.717) is 16.2 Å². The molecule has 3 saturated carbocycles. The van der Waals surface area contributed by atoms with Crippen LogP contribution in [0.1, 0.15) is 49.8 Å². The van der Waals surface area contributed by atoms with E-state index in [1.54, 1.807) is 0 Å². The summed E-state index contributed by atoms with van der Waals surface area (Å²) in [5.74, 6) is 0. The van der Waals surface area contributed by atoms with Gasteiger partial charge in [0.15, 0.2) is 0 Å². The van der Waals surface area contributed by atoms with Crippen LogP contribution in [0.3, 0.4) is 0 Å². The van der Waals surface area contributed by atoms with Crippen LogP contribution >= 0.6 is 0 Å². The van der Waals surface area contributed by atoms with Crippen molar-refractivity contribution in [3.8, 4) is 11.3 Å². The Kier molecular flexibility index (Phi) is 1.60. The van der Waals surface area contributed by atoms with Gasteiger partial charge < -0.3 is 0 Å². The van der Waals surface area contributed by atoms with Gasteiger partial charge in [-0.15, -0.1) is 0 Å². The summed E-state index contributed by atoms with van der Waals surface area (Å²) in [5, 5.41) is 0. The van der Waals surface area contributed by atoms with Gasteiger partial charge in [0.1, 0.15) is 0 Å². The molecule has 6 rings (SSSR count). The zero-order valence-corrected chi connectivity index (χ0v) is 12.1. The van der Waals surface area contributed by atoms with Crippen LogP contribution in [-0.4, -0.2) is 9.97 Å². The molecular formula is C19H18N2. The highest BCUT2D eigenvalue weighted by Crippen LogP contribution is 2.80. The number of hydrogen-bond donors (Lipinski definition) is 0. The molecule has 3 atom stereocenters. The van der Waals surface area contributed by atoms with Gasteiger partial charge in [0.05, 0.1) is 11.4 Å². The Morgan fingerprint density at radius 2 is 1.57 bits per heavy atom. The van der Waals surface area contributed by atoms with Gasteiger partial charge in [-0.1, -0.05) is 6.07 Å². The van der Waals surface area contributed by atoms with Crippen molar-refractivity contribution in [2.45, 2.75) is 49.4 Å². The Hall–Kier alpha value is -1.70. The lowest BCUT2D eigenvalue weighted by Crippen LogP contribution is -2.48. The number of hydrogen-bond acceptors (Lipinski definition) is 2. The van der Waals surface area contributed by atoms with E-state index in [-0.39, 0.29) is 0 Å². The Labute approximate surface area is 124 Å². The van der Waals surface area contributed by atoms with Crippen LogP contribution in [0.25, 0.3) is 11.3 Å². The normalized spacial score (nSPS) is 40.8. The van der Waals surface area contributed by atoms with Gasteiger partial charge in [0.2, 0.25) is 0 Å². The molecule has 2 nitrogen and oxygen atoms in total. The van der Waals surface area contributed by atoms with E-state index < -0.39 is 0 Å². The molecule has 3 spiro atoms. The molecule has 104 valence electrons. The molecule has 0 saturated heterocycles. The molecule has 3 unspecified atom stereocenters. The third-order valence-electron chi connectivity index (χ3n) is 7.27. The summed E-state index contributed by atoms with van der Waals surface area (Å²) in [6, 6.07) is 8.82. The number of pyridine rings is 2. The lowest BCUT2D eigenvalue weighted by Gasteiger charge is -2.49. The second-order valence-electron chi connectivity index (χ2n) is 7.82. The van der Waals surface area contributed by atoms with Crippen LogP contribution in [-0.2, 0) is 10.8 Å². The van der Waals surface area contributed by atoms with E-state index >= 15 is 0 Å². The van der Waals surface area contributed by atoms with Crippen molar-refractivity contribution in [1.82, 2.24) is 9.97 Å². The first-order valence-corrected chi connectivity index (χ1v) is 8.20. The van der Waals surface area contributed by atoms with Gasteiger partial charge in [0, 0.05) is 28.8 Å². The summed E-state index contributed by atoms with van der Waals surface area (Å²) >= 11 is 0. The first kappa shape index (κ1) is 10.9. The molecule has 2 aromatic heterocycles. The highest BCUT2D eigenvalue weighted by molar-refractivity contribution is 5.75. The molecule has 0 aliphatic heterocycles. The SMILES string of the molecule is c1cnc2c(c1)-c1ncccc1C13CCC4(CCC21C4)C3. The fourth-order valence-corrected chi connectivity index (χ4v) is 6.67. The van der Waals surface area contributed by atoms with Crippen molar-refractivity contribution in [3.05, 3.63) is 47.9 Å². The molecule has 0 radical (unpaired) electrons. The molecule has 4 aliphatic rings.